The standard InChI is InChI=1S/C16H35O4P.Ca.2H2O.2H/c1-5-9-11-15(7-3)13-19-21(17,18)20-14-16(8-4)12-10-6-2;;;;;/h15-16H,5-14H2,1-4H3,(H,17,18);;2*1H2;;. The summed E-state index contributed by atoms with van der Waals surface area (Å²) in [7, 11) is -3.89. The molecular formula is C16H41CaO6P. The third-order valence-electron chi connectivity index (χ3n) is 4.03. The van der Waals surface area contributed by atoms with Crippen LogP contribution in [0.1, 0.15) is 79.1 Å². The fourth-order valence-electron chi connectivity index (χ4n) is 2.23. The molecule has 0 aliphatic heterocycles. The predicted octanol–water partition coefficient (Wildman–Crippen LogP) is 2.99. The molecule has 6 nitrogen and oxygen atoms in total. The molecule has 2 unspecified atom stereocenters. The first-order chi connectivity index (χ1) is 9.99. The van der Waals surface area contributed by atoms with Gasteiger partial charge in [-0.25, -0.2) is 4.57 Å². The van der Waals surface area contributed by atoms with Gasteiger partial charge in [-0.3, -0.25) is 9.05 Å². The van der Waals surface area contributed by atoms with E-state index in [0.29, 0.717) is 25.0 Å². The predicted molar refractivity (Wildman–Crippen MR) is 104 cm³/mol. The van der Waals surface area contributed by atoms with Crippen LogP contribution in [0.5, 0.6) is 0 Å². The van der Waals surface area contributed by atoms with E-state index in [4.69, 9.17) is 9.05 Å². The summed E-state index contributed by atoms with van der Waals surface area (Å²) >= 11 is 0. The zero-order valence-electron chi connectivity index (χ0n) is 15.3. The van der Waals surface area contributed by atoms with Gasteiger partial charge in [-0.2, -0.15) is 0 Å². The van der Waals surface area contributed by atoms with Crippen molar-refractivity contribution in [2.75, 3.05) is 13.2 Å². The molecule has 24 heavy (non-hydrogen) atoms. The summed E-state index contributed by atoms with van der Waals surface area (Å²) in [6.45, 7) is 9.10. The molecule has 5 N–H and O–H groups in total. The second-order valence-corrected chi connectivity index (χ2v) is 7.35. The van der Waals surface area contributed by atoms with Gasteiger partial charge in [-0.15, -0.1) is 0 Å². The quantitative estimate of drug-likeness (QED) is 0.356. The molecule has 0 bridgehead atoms. The van der Waals surface area contributed by atoms with E-state index >= 15 is 0 Å². The first-order valence-corrected chi connectivity index (χ1v) is 10.1. The van der Waals surface area contributed by atoms with E-state index in [0.717, 1.165) is 51.4 Å². The molecule has 2 atom stereocenters. The molecule has 0 aromatic heterocycles. The van der Waals surface area contributed by atoms with Crippen molar-refractivity contribution in [2.45, 2.75) is 79.1 Å². The van der Waals surface area contributed by atoms with Gasteiger partial charge in [0, 0.05) is 0 Å². The van der Waals surface area contributed by atoms with Crippen LogP contribution in [0.2, 0.25) is 0 Å². The molecular weight excluding hydrogens is 359 g/mol. The van der Waals surface area contributed by atoms with Crippen LogP contribution < -0.4 is 0 Å². The monoisotopic (exact) mass is 400 g/mol. The summed E-state index contributed by atoms with van der Waals surface area (Å²) in [6.07, 6.45) is 8.56. The Balaban J connectivity index is -0.000000667. The Morgan fingerprint density at radius 1 is 0.833 bits per heavy atom. The summed E-state index contributed by atoms with van der Waals surface area (Å²) in [5.74, 6) is 0.687. The minimum absolute atomic E-state index is 0. The Labute approximate surface area is 178 Å². The van der Waals surface area contributed by atoms with Gasteiger partial charge < -0.3 is 15.8 Å². The Hall–Kier alpha value is 1.29. The molecule has 0 fully saturated rings. The van der Waals surface area contributed by atoms with Gasteiger partial charge in [0.25, 0.3) is 0 Å². The van der Waals surface area contributed by atoms with E-state index < -0.39 is 7.82 Å². The Kier molecular flexibility index (Phi) is 28.3. The fourth-order valence-corrected chi connectivity index (χ4v) is 3.11. The van der Waals surface area contributed by atoms with Crippen LogP contribution in [0.4, 0.5) is 0 Å². The van der Waals surface area contributed by atoms with Crippen LogP contribution in [0.25, 0.3) is 0 Å². The van der Waals surface area contributed by atoms with Gasteiger partial charge in [0.05, 0.1) is 13.2 Å². The van der Waals surface area contributed by atoms with Gasteiger partial charge in [0.15, 0.2) is 0 Å². The van der Waals surface area contributed by atoms with E-state index in [1.807, 2.05) is 0 Å². The molecule has 0 rings (SSSR count). The van der Waals surface area contributed by atoms with E-state index in [9.17, 15) is 9.46 Å². The molecule has 0 heterocycles. The van der Waals surface area contributed by atoms with Gasteiger partial charge in [0.1, 0.15) is 0 Å². The summed E-state index contributed by atoms with van der Waals surface area (Å²) in [5.41, 5.74) is 0. The molecule has 0 aromatic rings. The molecule has 0 saturated carbocycles. The number of hydrogen-bond donors (Lipinski definition) is 1. The summed E-state index contributed by atoms with van der Waals surface area (Å²) in [6, 6.07) is 0. The van der Waals surface area contributed by atoms with Gasteiger partial charge in [0.2, 0.25) is 0 Å². The van der Waals surface area contributed by atoms with E-state index in [1.54, 1.807) is 0 Å². The van der Waals surface area contributed by atoms with Crippen LogP contribution in [0, 0.1) is 11.8 Å². The minimum atomic E-state index is -3.89. The van der Waals surface area contributed by atoms with Crippen molar-refractivity contribution in [3.63, 3.8) is 0 Å². The van der Waals surface area contributed by atoms with Gasteiger partial charge in [-0.1, -0.05) is 66.2 Å². The van der Waals surface area contributed by atoms with Crippen LogP contribution in [-0.2, 0) is 13.6 Å². The fraction of sp³-hybridized carbons (Fsp3) is 1.00. The van der Waals surface area contributed by atoms with Crippen LogP contribution in [0.3, 0.4) is 0 Å². The Morgan fingerprint density at radius 2 is 1.17 bits per heavy atom. The van der Waals surface area contributed by atoms with Crippen LogP contribution in [0.15, 0.2) is 0 Å². The number of phosphoric ester groups is 1. The zero-order chi connectivity index (χ0) is 16.1. The topological polar surface area (TPSA) is 119 Å². The molecule has 8 heteroatoms. The van der Waals surface area contributed by atoms with E-state index in [-0.39, 0.29) is 48.7 Å². The molecule has 0 aliphatic carbocycles. The van der Waals surface area contributed by atoms with Crippen molar-refractivity contribution in [3.8, 4) is 0 Å². The van der Waals surface area contributed by atoms with Crippen molar-refractivity contribution < 1.29 is 29.5 Å². The summed E-state index contributed by atoms with van der Waals surface area (Å²) < 4.78 is 22.2. The molecule has 0 saturated heterocycles. The molecule has 0 amide bonds. The van der Waals surface area contributed by atoms with Crippen molar-refractivity contribution in [1.29, 1.82) is 0 Å². The van der Waals surface area contributed by atoms with Crippen LogP contribution >= 0.6 is 7.82 Å². The first-order valence-electron chi connectivity index (χ1n) is 8.60. The normalized spacial score (nSPS) is 15.2. The maximum absolute atomic E-state index is 11.9. The molecule has 148 valence electrons. The average Bonchev–Trinajstić information content (AvgIpc) is 2.47. The summed E-state index contributed by atoms with van der Waals surface area (Å²) in [4.78, 5) is 9.77. The third kappa shape index (κ3) is 18.1. The van der Waals surface area contributed by atoms with Crippen molar-refractivity contribution >= 4 is 45.6 Å². The first kappa shape index (κ1) is 32.9. The molecule has 0 aliphatic rings. The van der Waals surface area contributed by atoms with Crippen molar-refractivity contribution in [3.05, 3.63) is 0 Å². The SMILES string of the molecule is CCCCC(CC)COP(=O)(O)OCC(CC)CCCC.O.O.[CaH2]. The number of phosphoric acid groups is 1. The number of hydrogen-bond acceptors (Lipinski definition) is 3. The number of rotatable bonds is 14. The van der Waals surface area contributed by atoms with Crippen LogP contribution in [-0.4, -0.2) is 66.8 Å². The van der Waals surface area contributed by atoms with Crippen molar-refractivity contribution in [1.82, 2.24) is 0 Å². The molecule has 0 radical (unpaired) electrons. The maximum atomic E-state index is 11.9. The van der Waals surface area contributed by atoms with Gasteiger partial charge >= 0.3 is 45.6 Å². The average molecular weight is 401 g/mol. The van der Waals surface area contributed by atoms with E-state index in [2.05, 4.69) is 27.7 Å². The second kappa shape index (κ2) is 20.6. The van der Waals surface area contributed by atoms with Gasteiger partial charge in [-0.05, 0) is 24.7 Å². The second-order valence-electron chi connectivity index (χ2n) is 5.89. The Morgan fingerprint density at radius 3 is 1.42 bits per heavy atom. The number of unbranched alkanes of at least 4 members (excludes halogenated alkanes) is 2. The molecule has 0 aromatic carbocycles. The third-order valence-corrected chi connectivity index (χ3v) is 4.98. The zero-order valence-corrected chi connectivity index (χ0v) is 16.2. The van der Waals surface area contributed by atoms with Crippen molar-refractivity contribution in [2.24, 2.45) is 11.8 Å². The van der Waals surface area contributed by atoms with E-state index in [1.165, 1.54) is 0 Å². The molecule has 0 spiro atoms. The summed E-state index contributed by atoms with van der Waals surface area (Å²) in [5, 5.41) is 0. The Bertz CT molecular complexity index is 270.